The Morgan fingerprint density at radius 2 is 1.95 bits per heavy atom. The number of hydrogen-bond donors (Lipinski definition) is 1. The fraction of sp³-hybridized carbons (Fsp3) is 0.267. The predicted molar refractivity (Wildman–Crippen MR) is 82.4 cm³/mol. The third-order valence-corrected chi connectivity index (χ3v) is 3.56. The van der Waals surface area contributed by atoms with E-state index in [1.165, 1.54) is 10.4 Å². The quantitative estimate of drug-likeness (QED) is 0.685. The highest BCUT2D eigenvalue weighted by Crippen LogP contribution is 2.07. The SMILES string of the molecule is CN(C)C(=NCc1ccccc1)NCc1cccs1. The van der Waals surface area contributed by atoms with Gasteiger partial charge in [-0.1, -0.05) is 36.4 Å². The fourth-order valence-electron chi connectivity index (χ4n) is 1.68. The van der Waals surface area contributed by atoms with Crippen molar-refractivity contribution in [1.29, 1.82) is 0 Å². The molecule has 0 saturated heterocycles. The summed E-state index contributed by atoms with van der Waals surface area (Å²) in [5.74, 6) is 0.914. The van der Waals surface area contributed by atoms with Crippen molar-refractivity contribution in [2.45, 2.75) is 13.1 Å². The Labute approximate surface area is 118 Å². The molecule has 19 heavy (non-hydrogen) atoms. The van der Waals surface area contributed by atoms with Gasteiger partial charge in [0, 0.05) is 19.0 Å². The third-order valence-electron chi connectivity index (χ3n) is 2.68. The van der Waals surface area contributed by atoms with Crippen LogP contribution in [-0.2, 0) is 13.1 Å². The molecule has 0 aliphatic carbocycles. The van der Waals surface area contributed by atoms with Gasteiger partial charge in [-0.05, 0) is 17.0 Å². The lowest BCUT2D eigenvalue weighted by Gasteiger charge is -2.17. The Kier molecular flexibility index (Phi) is 4.98. The molecule has 3 nitrogen and oxygen atoms in total. The molecule has 1 aromatic heterocycles. The van der Waals surface area contributed by atoms with Crippen molar-refractivity contribution in [2.24, 2.45) is 4.99 Å². The zero-order chi connectivity index (χ0) is 13.5. The Bertz CT molecular complexity index is 503. The van der Waals surface area contributed by atoms with Gasteiger partial charge in [0.15, 0.2) is 5.96 Å². The molecule has 2 aromatic rings. The first-order valence-electron chi connectivity index (χ1n) is 6.27. The molecule has 1 heterocycles. The first-order valence-corrected chi connectivity index (χ1v) is 7.15. The number of nitrogens with zero attached hydrogens (tertiary/aromatic N) is 2. The van der Waals surface area contributed by atoms with E-state index in [2.05, 4.69) is 40.0 Å². The molecule has 0 aliphatic rings. The summed E-state index contributed by atoms with van der Waals surface area (Å²) in [4.78, 5) is 7.95. The first kappa shape index (κ1) is 13.6. The van der Waals surface area contributed by atoms with E-state index in [1.807, 2.05) is 37.2 Å². The van der Waals surface area contributed by atoms with Crippen LogP contribution in [0.5, 0.6) is 0 Å². The second-order valence-electron chi connectivity index (χ2n) is 4.45. The minimum atomic E-state index is 0.700. The zero-order valence-corrected chi connectivity index (χ0v) is 12.2. The van der Waals surface area contributed by atoms with E-state index in [1.54, 1.807) is 11.3 Å². The number of thiophene rings is 1. The summed E-state index contributed by atoms with van der Waals surface area (Å²) in [5, 5.41) is 5.47. The van der Waals surface area contributed by atoms with Crippen molar-refractivity contribution in [2.75, 3.05) is 14.1 Å². The number of aliphatic imine (C=N–C) groups is 1. The summed E-state index contributed by atoms with van der Waals surface area (Å²) < 4.78 is 0. The molecular weight excluding hydrogens is 254 g/mol. The molecule has 1 N–H and O–H groups in total. The maximum absolute atomic E-state index is 4.63. The minimum Gasteiger partial charge on any atom is -0.351 e. The van der Waals surface area contributed by atoms with Crippen LogP contribution in [0, 0.1) is 0 Å². The molecule has 100 valence electrons. The highest BCUT2D eigenvalue weighted by Gasteiger charge is 2.02. The minimum absolute atomic E-state index is 0.700. The van der Waals surface area contributed by atoms with Crippen molar-refractivity contribution >= 4 is 17.3 Å². The van der Waals surface area contributed by atoms with Crippen molar-refractivity contribution in [1.82, 2.24) is 10.2 Å². The van der Waals surface area contributed by atoms with E-state index >= 15 is 0 Å². The highest BCUT2D eigenvalue weighted by molar-refractivity contribution is 7.09. The molecule has 0 unspecified atom stereocenters. The molecular formula is C15H19N3S. The van der Waals surface area contributed by atoms with Crippen LogP contribution in [0.2, 0.25) is 0 Å². The Hall–Kier alpha value is -1.81. The van der Waals surface area contributed by atoms with Gasteiger partial charge in [0.1, 0.15) is 0 Å². The lowest BCUT2D eigenvalue weighted by atomic mass is 10.2. The van der Waals surface area contributed by atoms with Crippen LogP contribution in [0.15, 0.2) is 52.8 Å². The van der Waals surface area contributed by atoms with Crippen LogP contribution in [-0.4, -0.2) is 25.0 Å². The number of guanidine groups is 1. The Morgan fingerprint density at radius 3 is 2.58 bits per heavy atom. The predicted octanol–water partition coefficient (Wildman–Crippen LogP) is 2.96. The largest absolute Gasteiger partial charge is 0.351 e. The molecule has 1 aromatic carbocycles. The number of rotatable bonds is 4. The highest BCUT2D eigenvalue weighted by atomic mass is 32.1. The topological polar surface area (TPSA) is 27.6 Å². The maximum Gasteiger partial charge on any atom is 0.194 e. The van der Waals surface area contributed by atoms with E-state index < -0.39 is 0 Å². The smallest absolute Gasteiger partial charge is 0.194 e. The van der Waals surface area contributed by atoms with Crippen molar-refractivity contribution in [3.05, 3.63) is 58.3 Å². The van der Waals surface area contributed by atoms with E-state index in [4.69, 9.17) is 0 Å². The molecule has 4 heteroatoms. The second kappa shape index (κ2) is 6.95. The lowest BCUT2D eigenvalue weighted by Crippen LogP contribution is -2.35. The third kappa shape index (κ3) is 4.41. The normalized spacial score (nSPS) is 11.4. The molecule has 0 spiro atoms. The lowest BCUT2D eigenvalue weighted by molar-refractivity contribution is 0.579. The van der Waals surface area contributed by atoms with Crippen LogP contribution in [0.4, 0.5) is 0 Å². The van der Waals surface area contributed by atoms with Crippen molar-refractivity contribution < 1.29 is 0 Å². The summed E-state index contributed by atoms with van der Waals surface area (Å²) >= 11 is 1.76. The molecule has 2 rings (SSSR count). The number of benzene rings is 1. The van der Waals surface area contributed by atoms with Gasteiger partial charge >= 0.3 is 0 Å². The molecule has 0 saturated carbocycles. The second-order valence-corrected chi connectivity index (χ2v) is 5.49. The van der Waals surface area contributed by atoms with Crippen LogP contribution in [0.3, 0.4) is 0 Å². The molecule has 0 atom stereocenters. The van der Waals surface area contributed by atoms with Gasteiger partial charge < -0.3 is 10.2 Å². The van der Waals surface area contributed by atoms with Crippen molar-refractivity contribution in [3.63, 3.8) is 0 Å². The number of nitrogens with one attached hydrogen (secondary N) is 1. The van der Waals surface area contributed by atoms with Gasteiger partial charge in [-0.3, -0.25) is 0 Å². The van der Waals surface area contributed by atoms with Crippen molar-refractivity contribution in [3.8, 4) is 0 Å². The van der Waals surface area contributed by atoms with Gasteiger partial charge in [0.25, 0.3) is 0 Å². The zero-order valence-electron chi connectivity index (χ0n) is 11.3. The van der Waals surface area contributed by atoms with E-state index in [0.29, 0.717) is 6.54 Å². The van der Waals surface area contributed by atoms with Crippen LogP contribution in [0.1, 0.15) is 10.4 Å². The van der Waals surface area contributed by atoms with Gasteiger partial charge in [-0.2, -0.15) is 0 Å². The molecule has 0 amide bonds. The van der Waals surface area contributed by atoms with Gasteiger partial charge in [-0.15, -0.1) is 11.3 Å². The van der Waals surface area contributed by atoms with E-state index in [0.717, 1.165) is 12.5 Å². The summed E-state index contributed by atoms with van der Waals surface area (Å²) in [5.41, 5.74) is 1.22. The van der Waals surface area contributed by atoms with Crippen LogP contribution in [0.25, 0.3) is 0 Å². The van der Waals surface area contributed by atoms with Gasteiger partial charge in [-0.25, -0.2) is 4.99 Å². The molecule has 0 bridgehead atoms. The van der Waals surface area contributed by atoms with E-state index in [9.17, 15) is 0 Å². The first-order chi connectivity index (χ1) is 9.25. The maximum atomic E-state index is 4.63. The summed E-state index contributed by atoms with van der Waals surface area (Å²) in [6.07, 6.45) is 0. The monoisotopic (exact) mass is 273 g/mol. The van der Waals surface area contributed by atoms with Gasteiger partial charge in [0.05, 0.1) is 13.1 Å². The Balaban J connectivity index is 1.95. The molecule has 0 fully saturated rings. The summed E-state index contributed by atoms with van der Waals surface area (Å²) in [7, 11) is 4.01. The van der Waals surface area contributed by atoms with Gasteiger partial charge in [0.2, 0.25) is 0 Å². The van der Waals surface area contributed by atoms with E-state index in [-0.39, 0.29) is 0 Å². The Morgan fingerprint density at radius 1 is 1.16 bits per heavy atom. The van der Waals surface area contributed by atoms with Crippen LogP contribution < -0.4 is 5.32 Å². The standard InChI is InChI=1S/C15H19N3S/c1-18(2)15(17-12-14-9-6-10-19-14)16-11-13-7-4-3-5-8-13/h3-10H,11-12H2,1-2H3,(H,16,17). The molecule has 0 aliphatic heterocycles. The summed E-state index contributed by atoms with van der Waals surface area (Å²) in [6.45, 7) is 1.52. The average Bonchev–Trinajstić information content (AvgIpc) is 2.92. The number of hydrogen-bond acceptors (Lipinski definition) is 2. The average molecular weight is 273 g/mol. The fourth-order valence-corrected chi connectivity index (χ4v) is 2.33. The molecule has 0 radical (unpaired) electrons. The van der Waals surface area contributed by atoms with Crippen LogP contribution >= 0.6 is 11.3 Å². The summed E-state index contributed by atoms with van der Waals surface area (Å²) in [6, 6.07) is 14.5.